The van der Waals surface area contributed by atoms with Gasteiger partial charge in [0, 0.05) is 44.3 Å². The third kappa shape index (κ3) is 5.56. The summed E-state index contributed by atoms with van der Waals surface area (Å²) >= 11 is 0. The summed E-state index contributed by atoms with van der Waals surface area (Å²) < 4.78 is 37.5. The number of para-hydroxylation sites is 1. The first-order chi connectivity index (χ1) is 12.9. The Morgan fingerprint density at radius 1 is 1.30 bits per heavy atom. The molecular formula is C19H24F3N5. The number of aromatic nitrogens is 1. The van der Waals surface area contributed by atoms with Crippen LogP contribution in [0.5, 0.6) is 0 Å². The van der Waals surface area contributed by atoms with Gasteiger partial charge in [0.05, 0.1) is 12.1 Å². The molecule has 1 saturated heterocycles. The number of hydrogen-bond donors (Lipinski definition) is 2. The van der Waals surface area contributed by atoms with Gasteiger partial charge < -0.3 is 10.6 Å². The maximum Gasteiger partial charge on any atom is 0.401 e. The van der Waals surface area contributed by atoms with E-state index in [0.717, 1.165) is 22.9 Å². The normalized spacial score (nSPS) is 18.8. The molecule has 2 aromatic rings. The van der Waals surface area contributed by atoms with E-state index in [1.54, 1.807) is 13.2 Å². The van der Waals surface area contributed by atoms with Crippen molar-refractivity contribution in [3.05, 3.63) is 42.1 Å². The van der Waals surface area contributed by atoms with Crippen LogP contribution in [0, 0.1) is 0 Å². The molecule has 5 nitrogen and oxygen atoms in total. The number of fused-ring (bicyclic) bond motifs is 1. The standard InChI is InChI=1S/C19H24F3N5/c1-23-18(26-16-8-11-27(12-16)13-19(20,21)22)25-10-7-15-5-2-4-14-6-3-9-24-17(14)15/h2-6,9,16H,7-8,10-13H2,1H3,(H2,23,25,26). The molecule has 1 aromatic carbocycles. The Morgan fingerprint density at radius 3 is 2.89 bits per heavy atom. The smallest absolute Gasteiger partial charge is 0.356 e. The average Bonchev–Trinajstić information content (AvgIpc) is 3.06. The molecule has 0 bridgehead atoms. The number of guanidine groups is 1. The van der Waals surface area contributed by atoms with Crippen LogP contribution in [-0.2, 0) is 6.42 Å². The van der Waals surface area contributed by atoms with Crippen LogP contribution in [0.3, 0.4) is 0 Å². The molecule has 146 valence electrons. The van der Waals surface area contributed by atoms with Crippen molar-refractivity contribution < 1.29 is 13.2 Å². The van der Waals surface area contributed by atoms with Gasteiger partial charge >= 0.3 is 6.18 Å². The van der Waals surface area contributed by atoms with E-state index in [1.807, 2.05) is 24.3 Å². The van der Waals surface area contributed by atoms with Gasteiger partial charge in [-0.3, -0.25) is 14.9 Å². The number of nitrogens with one attached hydrogen (secondary N) is 2. The average molecular weight is 379 g/mol. The molecule has 2 N–H and O–H groups in total. The summed E-state index contributed by atoms with van der Waals surface area (Å²) in [6.45, 7) is 0.614. The molecule has 27 heavy (non-hydrogen) atoms. The number of alkyl halides is 3. The van der Waals surface area contributed by atoms with E-state index in [4.69, 9.17) is 0 Å². The summed E-state index contributed by atoms with van der Waals surface area (Å²) in [7, 11) is 1.66. The number of benzene rings is 1. The molecule has 2 heterocycles. The summed E-state index contributed by atoms with van der Waals surface area (Å²) in [5.74, 6) is 0.613. The minimum Gasteiger partial charge on any atom is -0.356 e. The maximum absolute atomic E-state index is 12.5. The molecule has 3 rings (SSSR count). The second-order valence-corrected chi connectivity index (χ2v) is 6.72. The fourth-order valence-electron chi connectivity index (χ4n) is 3.42. The third-order valence-corrected chi connectivity index (χ3v) is 4.64. The van der Waals surface area contributed by atoms with E-state index in [0.29, 0.717) is 32.0 Å². The second kappa shape index (κ2) is 8.56. The largest absolute Gasteiger partial charge is 0.401 e. The van der Waals surface area contributed by atoms with Crippen molar-refractivity contribution in [2.75, 3.05) is 33.2 Å². The van der Waals surface area contributed by atoms with Gasteiger partial charge in [0.25, 0.3) is 0 Å². The maximum atomic E-state index is 12.5. The van der Waals surface area contributed by atoms with Crippen LogP contribution in [0.1, 0.15) is 12.0 Å². The van der Waals surface area contributed by atoms with Crippen LogP contribution in [-0.4, -0.2) is 61.3 Å². The second-order valence-electron chi connectivity index (χ2n) is 6.72. The lowest BCUT2D eigenvalue weighted by molar-refractivity contribution is -0.143. The predicted molar refractivity (Wildman–Crippen MR) is 101 cm³/mol. The van der Waals surface area contributed by atoms with Gasteiger partial charge in [-0.05, 0) is 24.5 Å². The minimum atomic E-state index is -4.15. The Morgan fingerprint density at radius 2 is 2.11 bits per heavy atom. The quantitative estimate of drug-likeness (QED) is 0.619. The summed E-state index contributed by atoms with van der Waals surface area (Å²) in [5, 5.41) is 7.57. The molecule has 1 aliphatic heterocycles. The van der Waals surface area contributed by atoms with Crippen LogP contribution in [0.2, 0.25) is 0 Å². The topological polar surface area (TPSA) is 52.6 Å². The molecule has 0 aliphatic carbocycles. The Labute approximate surface area is 156 Å². The first kappa shape index (κ1) is 19.4. The highest BCUT2D eigenvalue weighted by Gasteiger charge is 2.34. The van der Waals surface area contributed by atoms with Gasteiger partial charge in [-0.1, -0.05) is 24.3 Å². The molecule has 0 amide bonds. The van der Waals surface area contributed by atoms with E-state index in [1.165, 1.54) is 4.90 Å². The van der Waals surface area contributed by atoms with Crippen molar-refractivity contribution in [3.8, 4) is 0 Å². The number of pyridine rings is 1. The van der Waals surface area contributed by atoms with Gasteiger partial charge in [0.2, 0.25) is 0 Å². The Bertz CT molecular complexity index is 785. The van der Waals surface area contributed by atoms with Gasteiger partial charge in [-0.15, -0.1) is 0 Å². The predicted octanol–water partition coefficient (Wildman–Crippen LogP) is 2.58. The van der Waals surface area contributed by atoms with Crippen molar-refractivity contribution in [1.29, 1.82) is 0 Å². The fourth-order valence-corrected chi connectivity index (χ4v) is 3.42. The monoisotopic (exact) mass is 379 g/mol. The zero-order valence-corrected chi connectivity index (χ0v) is 15.3. The van der Waals surface area contributed by atoms with E-state index >= 15 is 0 Å². The number of likely N-dealkylation sites (tertiary alicyclic amines) is 1. The Kier molecular flexibility index (Phi) is 6.15. The molecule has 1 atom stereocenters. The highest BCUT2D eigenvalue weighted by molar-refractivity contribution is 5.82. The highest BCUT2D eigenvalue weighted by atomic mass is 19.4. The lowest BCUT2D eigenvalue weighted by Gasteiger charge is -2.20. The van der Waals surface area contributed by atoms with Crippen LogP contribution < -0.4 is 10.6 Å². The third-order valence-electron chi connectivity index (χ3n) is 4.64. The Balaban J connectivity index is 1.49. The molecule has 1 aliphatic rings. The molecule has 1 unspecified atom stereocenters. The first-order valence-corrected chi connectivity index (χ1v) is 9.03. The van der Waals surface area contributed by atoms with Crippen LogP contribution in [0.15, 0.2) is 41.5 Å². The van der Waals surface area contributed by atoms with E-state index in [2.05, 4.69) is 26.7 Å². The number of halogens is 3. The lowest BCUT2D eigenvalue weighted by atomic mass is 10.1. The highest BCUT2D eigenvalue weighted by Crippen LogP contribution is 2.20. The van der Waals surface area contributed by atoms with Crippen molar-refractivity contribution in [2.24, 2.45) is 4.99 Å². The van der Waals surface area contributed by atoms with Gasteiger partial charge in [0.15, 0.2) is 5.96 Å². The summed E-state index contributed by atoms with van der Waals surface area (Å²) in [6.07, 6.45) is -0.919. The molecule has 0 saturated carbocycles. The molecular weight excluding hydrogens is 355 g/mol. The van der Waals surface area contributed by atoms with Crippen LogP contribution in [0.4, 0.5) is 13.2 Å². The van der Waals surface area contributed by atoms with Gasteiger partial charge in [-0.25, -0.2) is 0 Å². The molecule has 1 aromatic heterocycles. The van der Waals surface area contributed by atoms with Gasteiger partial charge in [-0.2, -0.15) is 13.2 Å². The van der Waals surface area contributed by atoms with Gasteiger partial charge in [0.1, 0.15) is 0 Å². The van der Waals surface area contributed by atoms with Crippen LogP contribution >= 0.6 is 0 Å². The summed E-state index contributed by atoms with van der Waals surface area (Å²) in [5.41, 5.74) is 2.14. The zero-order valence-electron chi connectivity index (χ0n) is 15.3. The number of rotatable bonds is 5. The molecule has 0 radical (unpaired) electrons. The van der Waals surface area contributed by atoms with Crippen LogP contribution in [0.25, 0.3) is 10.9 Å². The number of aliphatic imine (C=N–C) groups is 1. The van der Waals surface area contributed by atoms with Crippen molar-refractivity contribution in [3.63, 3.8) is 0 Å². The lowest BCUT2D eigenvalue weighted by Crippen LogP contribution is -2.45. The van der Waals surface area contributed by atoms with Crippen molar-refractivity contribution in [1.82, 2.24) is 20.5 Å². The SMILES string of the molecule is CN=C(NCCc1cccc2cccnc12)NC1CCN(CC(F)(F)F)C1. The molecule has 1 fully saturated rings. The van der Waals surface area contributed by atoms with E-state index in [9.17, 15) is 13.2 Å². The molecule has 0 spiro atoms. The van der Waals surface area contributed by atoms with E-state index in [-0.39, 0.29) is 6.04 Å². The van der Waals surface area contributed by atoms with E-state index < -0.39 is 12.7 Å². The number of hydrogen-bond acceptors (Lipinski definition) is 3. The Hall–Kier alpha value is -2.35. The zero-order chi connectivity index (χ0) is 19.3. The minimum absolute atomic E-state index is 0.0298. The van der Waals surface area contributed by atoms with Crippen molar-refractivity contribution in [2.45, 2.75) is 25.1 Å². The summed E-state index contributed by atoms with van der Waals surface area (Å²) in [6, 6.07) is 10.0. The first-order valence-electron chi connectivity index (χ1n) is 9.03. The fraction of sp³-hybridized carbons (Fsp3) is 0.474. The van der Waals surface area contributed by atoms with Crippen molar-refractivity contribution >= 4 is 16.9 Å². The number of nitrogens with zero attached hydrogens (tertiary/aromatic N) is 3. The summed E-state index contributed by atoms with van der Waals surface area (Å²) in [4.78, 5) is 10.1. The molecule has 8 heteroatoms.